The fourth-order valence-corrected chi connectivity index (χ4v) is 2.96. The molecular formula is C18H18N4O3. The Labute approximate surface area is 145 Å². The molecule has 2 heterocycles. The summed E-state index contributed by atoms with van der Waals surface area (Å²) in [7, 11) is 0. The highest BCUT2D eigenvalue weighted by atomic mass is 16.6. The molecule has 1 saturated heterocycles. The van der Waals surface area contributed by atoms with Crippen LogP contribution in [0, 0.1) is 27.4 Å². The molecule has 2 aromatic rings. The molecule has 7 nitrogen and oxygen atoms in total. The number of benzene rings is 1. The first-order valence-electron chi connectivity index (χ1n) is 8.08. The summed E-state index contributed by atoms with van der Waals surface area (Å²) in [5.41, 5.74) is 1.21. The van der Waals surface area contributed by atoms with Gasteiger partial charge in [0.2, 0.25) is 0 Å². The molecule has 1 atom stereocenters. The van der Waals surface area contributed by atoms with Gasteiger partial charge in [-0.15, -0.1) is 0 Å². The van der Waals surface area contributed by atoms with Gasteiger partial charge in [-0.2, -0.15) is 5.26 Å². The van der Waals surface area contributed by atoms with E-state index in [4.69, 9.17) is 4.74 Å². The fourth-order valence-electron chi connectivity index (χ4n) is 2.96. The Balaban J connectivity index is 1.57. The van der Waals surface area contributed by atoms with Crippen LogP contribution in [0.4, 0.5) is 11.5 Å². The minimum absolute atomic E-state index is 0.165. The van der Waals surface area contributed by atoms with Gasteiger partial charge in [-0.1, -0.05) is 30.3 Å². The minimum atomic E-state index is -0.540. The predicted octanol–water partition coefficient (Wildman–Crippen LogP) is 2.90. The molecule has 128 valence electrons. The summed E-state index contributed by atoms with van der Waals surface area (Å²) in [6.07, 6.45) is 2.15. The Morgan fingerprint density at radius 2 is 2.20 bits per heavy atom. The topological polar surface area (TPSA) is 92.3 Å². The van der Waals surface area contributed by atoms with Gasteiger partial charge in [0, 0.05) is 25.1 Å². The summed E-state index contributed by atoms with van der Waals surface area (Å²) >= 11 is 0. The predicted molar refractivity (Wildman–Crippen MR) is 92.0 cm³/mol. The van der Waals surface area contributed by atoms with Gasteiger partial charge in [-0.05, 0) is 12.0 Å². The number of anilines is 1. The number of hydrogen-bond donors (Lipinski definition) is 0. The van der Waals surface area contributed by atoms with Crippen molar-refractivity contribution in [3.8, 4) is 6.07 Å². The number of pyridine rings is 1. The van der Waals surface area contributed by atoms with Crippen molar-refractivity contribution in [1.29, 1.82) is 5.26 Å². The van der Waals surface area contributed by atoms with E-state index in [0.29, 0.717) is 24.9 Å². The van der Waals surface area contributed by atoms with E-state index in [9.17, 15) is 15.4 Å². The molecule has 1 fully saturated rings. The van der Waals surface area contributed by atoms with Crippen molar-refractivity contribution < 1.29 is 9.66 Å². The zero-order valence-corrected chi connectivity index (χ0v) is 13.7. The van der Waals surface area contributed by atoms with Crippen LogP contribution >= 0.6 is 0 Å². The fraction of sp³-hybridized carbons (Fsp3) is 0.333. The zero-order chi connectivity index (χ0) is 17.6. The van der Waals surface area contributed by atoms with Crippen molar-refractivity contribution in [2.75, 3.05) is 24.6 Å². The molecule has 0 saturated carbocycles. The highest BCUT2D eigenvalue weighted by Crippen LogP contribution is 2.27. The van der Waals surface area contributed by atoms with Crippen LogP contribution in [0.1, 0.15) is 17.5 Å². The second kappa shape index (κ2) is 7.73. The van der Waals surface area contributed by atoms with Crippen LogP contribution in [0.25, 0.3) is 0 Å². The lowest BCUT2D eigenvalue weighted by Gasteiger charge is -2.18. The van der Waals surface area contributed by atoms with E-state index in [1.807, 2.05) is 41.3 Å². The third-order valence-corrected chi connectivity index (χ3v) is 4.23. The van der Waals surface area contributed by atoms with Gasteiger partial charge in [0.15, 0.2) is 0 Å². The van der Waals surface area contributed by atoms with Crippen molar-refractivity contribution in [2.45, 2.75) is 13.0 Å². The first-order chi connectivity index (χ1) is 12.2. The van der Waals surface area contributed by atoms with Gasteiger partial charge in [-0.25, -0.2) is 4.98 Å². The second-order valence-electron chi connectivity index (χ2n) is 6.04. The van der Waals surface area contributed by atoms with Crippen molar-refractivity contribution in [2.24, 2.45) is 5.92 Å². The Morgan fingerprint density at radius 3 is 2.92 bits per heavy atom. The maximum atomic E-state index is 10.8. The lowest BCUT2D eigenvalue weighted by atomic mass is 10.1. The molecule has 1 aliphatic heterocycles. The molecule has 1 aromatic carbocycles. The molecule has 1 aromatic heterocycles. The number of rotatable bonds is 6. The normalized spacial score (nSPS) is 16.6. The van der Waals surface area contributed by atoms with Gasteiger partial charge in [0.1, 0.15) is 23.6 Å². The average molecular weight is 338 g/mol. The van der Waals surface area contributed by atoms with Gasteiger partial charge in [-0.3, -0.25) is 10.1 Å². The third kappa shape index (κ3) is 4.11. The van der Waals surface area contributed by atoms with Crippen LogP contribution in [0.15, 0.2) is 42.6 Å². The molecular weight excluding hydrogens is 320 g/mol. The highest BCUT2D eigenvalue weighted by molar-refractivity contribution is 5.57. The van der Waals surface area contributed by atoms with E-state index in [-0.39, 0.29) is 11.3 Å². The Kier molecular flexibility index (Phi) is 5.21. The first kappa shape index (κ1) is 16.9. The van der Waals surface area contributed by atoms with Crippen LogP contribution in [0.3, 0.4) is 0 Å². The zero-order valence-electron chi connectivity index (χ0n) is 13.7. The summed E-state index contributed by atoms with van der Waals surface area (Å²) in [4.78, 5) is 16.4. The van der Waals surface area contributed by atoms with Crippen molar-refractivity contribution >= 4 is 11.5 Å². The number of ether oxygens (including phenoxy) is 1. The smallest absolute Gasteiger partial charge is 0.289 e. The van der Waals surface area contributed by atoms with Gasteiger partial charge >= 0.3 is 0 Å². The number of nitro groups is 1. The number of nitrogens with zero attached hydrogens (tertiary/aromatic N) is 4. The SMILES string of the molecule is N#Cc1cc([N+](=O)[O-])cnc1N1CC[C@@H](COCc2ccccc2)C1. The Morgan fingerprint density at radius 1 is 1.40 bits per heavy atom. The molecule has 3 rings (SSSR count). The number of aromatic nitrogens is 1. The molecule has 0 bridgehead atoms. The maximum absolute atomic E-state index is 10.8. The van der Waals surface area contributed by atoms with Crippen LogP contribution in [0.2, 0.25) is 0 Å². The first-order valence-corrected chi connectivity index (χ1v) is 8.08. The summed E-state index contributed by atoms with van der Waals surface area (Å²) in [6, 6.07) is 13.3. The molecule has 7 heteroatoms. The molecule has 0 aliphatic carbocycles. The summed E-state index contributed by atoms with van der Waals surface area (Å²) in [5.74, 6) is 0.867. The van der Waals surface area contributed by atoms with Crippen LogP contribution in [-0.2, 0) is 11.3 Å². The quantitative estimate of drug-likeness (QED) is 0.594. The van der Waals surface area contributed by atoms with Gasteiger partial charge < -0.3 is 9.64 Å². The molecule has 25 heavy (non-hydrogen) atoms. The second-order valence-corrected chi connectivity index (χ2v) is 6.04. The molecule has 0 radical (unpaired) electrons. The van der Waals surface area contributed by atoms with E-state index in [1.54, 1.807) is 0 Å². The number of hydrogen-bond acceptors (Lipinski definition) is 6. The van der Waals surface area contributed by atoms with Crippen molar-refractivity contribution in [3.63, 3.8) is 0 Å². The lowest BCUT2D eigenvalue weighted by molar-refractivity contribution is -0.385. The van der Waals surface area contributed by atoms with Crippen LogP contribution in [-0.4, -0.2) is 29.6 Å². The van der Waals surface area contributed by atoms with E-state index >= 15 is 0 Å². The van der Waals surface area contributed by atoms with E-state index in [1.165, 1.54) is 12.3 Å². The van der Waals surface area contributed by atoms with Gasteiger partial charge in [0.25, 0.3) is 5.69 Å². The van der Waals surface area contributed by atoms with E-state index in [0.717, 1.165) is 25.1 Å². The van der Waals surface area contributed by atoms with E-state index < -0.39 is 4.92 Å². The van der Waals surface area contributed by atoms with Crippen molar-refractivity contribution in [3.05, 3.63) is 63.8 Å². The molecule has 0 spiro atoms. The Hall–Kier alpha value is -2.98. The van der Waals surface area contributed by atoms with Crippen molar-refractivity contribution in [1.82, 2.24) is 4.98 Å². The van der Waals surface area contributed by atoms with Crippen LogP contribution < -0.4 is 4.90 Å². The third-order valence-electron chi connectivity index (χ3n) is 4.23. The largest absolute Gasteiger partial charge is 0.376 e. The summed E-state index contributed by atoms with van der Waals surface area (Å²) in [5, 5.41) is 20.1. The van der Waals surface area contributed by atoms with Crippen LogP contribution in [0.5, 0.6) is 0 Å². The van der Waals surface area contributed by atoms with E-state index in [2.05, 4.69) is 4.98 Å². The molecule has 1 aliphatic rings. The minimum Gasteiger partial charge on any atom is -0.376 e. The molecule has 0 N–H and O–H groups in total. The summed E-state index contributed by atoms with van der Waals surface area (Å²) < 4.78 is 5.79. The molecule has 0 amide bonds. The number of nitriles is 1. The highest BCUT2D eigenvalue weighted by Gasteiger charge is 2.26. The lowest BCUT2D eigenvalue weighted by Crippen LogP contribution is -2.23. The average Bonchev–Trinajstić information content (AvgIpc) is 3.10. The maximum Gasteiger partial charge on any atom is 0.289 e. The monoisotopic (exact) mass is 338 g/mol. The standard InChI is InChI=1S/C18H18N4O3/c19-9-16-8-17(22(23)24)10-20-18(16)21-7-6-15(11-21)13-25-12-14-4-2-1-3-5-14/h1-5,8,10,15H,6-7,11-13H2/t15-/m1/s1. The molecule has 0 unspecified atom stereocenters. The summed E-state index contributed by atoms with van der Waals surface area (Å²) in [6.45, 7) is 2.71. The van der Waals surface area contributed by atoms with Gasteiger partial charge in [0.05, 0.1) is 18.1 Å². The Bertz CT molecular complexity index is 789.